The molecule has 7 nitrogen and oxygen atoms in total. The van der Waals surface area contributed by atoms with Crippen LogP contribution >= 0.6 is 11.3 Å². The number of nitrogens with one attached hydrogen (secondary N) is 1. The second kappa shape index (κ2) is 6.79. The van der Waals surface area contributed by atoms with Crippen molar-refractivity contribution < 1.29 is 19.0 Å². The van der Waals surface area contributed by atoms with Gasteiger partial charge in [0.25, 0.3) is 5.91 Å². The van der Waals surface area contributed by atoms with E-state index in [0.717, 1.165) is 31.4 Å². The number of aryl methyl sites for hydroxylation is 1. The SMILES string of the molecule is Cc1cc(N2C(=O)C[C@@H]([NH+]3CCC(c4nc5ccccc5s4)CC3)C2=O)no1. The van der Waals surface area contributed by atoms with Crippen molar-refractivity contribution in [3.05, 3.63) is 41.1 Å². The lowest BCUT2D eigenvalue weighted by molar-refractivity contribution is -0.920. The van der Waals surface area contributed by atoms with E-state index in [-0.39, 0.29) is 24.3 Å². The molecule has 8 heteroatoms. The molecule has 0 aliphatic carbocycles. The minimum Gasteiger partial charge on any atom is -0.360 e. The van der Waals surface area contributed by atoms with Crippen molar-refractivity contribution in [2.75, 3.05) is 18.0 Å². The number of carbonyl (C=O) groups is 2. The Labute approximate surface area is 165 Å². The highest BCUT2D eigenvalue weighted by Crippen LogP contribution is 2.32. The van der Waals surface area contributed by atoms with Crippen molar-refractivity contribution in [3.63, 3.8) is 0 Å². The number of amides is 2. The topological polar surface area (TPSA) is 80.7 Å². The molecule has 5 rings (SSSR count). The van der Waals surface area contributed by atoms with E-state index >= 15 is 0 Å². The maximum absolute atomic E-state index is 12.9. The Kier molecular flexibility index (Phi) is 4.25. The summed E-state index contributed by atoms with van der Waals surface area (Å²) >= 11 is 1.77. The average Bonchev–Trinajstić information content (AvgIpc) is 3.39. The summed E-state index contributed by atoms with van der Waals surface area (Å²) in [5.74, 6) is 0.972. The van der Waals surface area contributed by atoms with Gasteiger partial charge in [0, 0.05) is 24.8 Å². The standard InChI is InChI=1S/C20H20N4O3S/c1-12-10-17(22-27-12)24-18(25)11-15(20(24)26)23-8-6-13(7-9-23)19-21-14-4-2-3-5-16(14)28-19/h2-5,10,13,15H,6-9,11H2,1H3/p+1/t15-/m1/s1. The van der Waals surface area contributed by atoms with Crippen LogP contribution in [-0.4, -0.2) is 41.1 Å². The van der Waals surface area contributed by atoms with Crippen molar-refractivity contribution in [1.29, 1.82) is 0 Å². The third-order valence-electron chi connectivity index (χ3n) is 5.77. The van der Waals surface area contributed by atoms with E-state index < -0.39 is 0 Å². The molecular weight excluding hydrogens is 376 g/mol. The lowest BCUT2D eigenvalue weighted by Gasteiger charge is -2.31. The predicted molar refractivity (Wildman–Crippen MR) is 104 cm³/mol. The summed E-state index contributed by atoms with van der Waals surface area (Å²) in [4.78, 5) is 32.5. The van der Waals surface area contributed by atoms with Gasteiger partial charge in [-0.2, -0.15) is 0 Å². The van der Waals surface area contributed by atoms with Crippen LogP contribution in [0.5, 0.6) is 0 Å². The van der Waals surface area contributed by atoms with Crippen LogP contribution in [0.15, 0.2) is 34.9 Å². The number of likely N-dealkylation sites (tertiary alicyclic amines) is 1. The molecule has 2 aliphatic rings. The number of hydrogen-bond acceptors (Lipinski definition) is 6. The number of imide groups is 1. The first-order valence-corrected chi connectivity index (χ1v) is 10.4. The monoisotopic (exact) mass is 397 g/mol. The van der Waals surface area contributed by atoms with Gasteiger partial charge in [-0.25, -0.2) is 9.88 Å². The van der Waals surface area contributed by atoms with Gasteiger partial charge in [0.15, 0.2) is 11.9 Å². The maximum Gasteiger partial charge on any atom is 0.293 e. The van der Waals surface area contributed by atoms with Gasteiger partial charge in [0.1, 0.15) is 5.76 Å². The number of benzene rings is 1. The highest BCUT2D eigenvalue weighted by molar-refractivity contribution is 7.18. The molecule has 1 atom stereocenters. The summed E-state index contributed by atoms with van der Waals surface area (Å²) in [6.07, 6.45) is 2.21. The summed E-state index contributed by atoms with van der Waals surface area (Å²) in [6, 6.07) is 9.54. The largest absolute Gasteiger partial charge is 0.360 e. The van der Waals surface area contributed by atoms with Gasteiger partial charge in [-0.15, -0.1) is 11.3 Å². The van der Waals surface area contributed by atoms with Gasteiger partial charge >= 0.3 is 0 Å². The number of carbonyl (C=O) groups excluding carboxylic acids is 2. The van der Waals surface area contributed by atoms with Crippen LogP contribution in [0.2, 0.25) is 0 Å². The zero-order valence-electron chi connectivity index (χ0n) is 15.6. The van der Waals surface area contributed by atoms with Crippen molar-refractivity contribution in [2.24, 2.45) is 0 Å². The highest BCUT2D eigenvalue weighted by atomic mass is 32.1. The zero-order valence-corrected chi connectivity index (χ0v) is 16.4. The number of fused-ring (bicyclic) bond motifs is 1. The third-order valence-corrected chi connectivity index (χ3v) is 6.97. The van der Waals surface area contributed by atoms with E-state index in [2.05, 4.69) is 17.3 Å². The molecular formula is C20H21N4O3S+. The molecule has 0 spiro atoms. The minimum absolute atomic E-state index is 0.160. The predicted octanol–water partition coefficient (Wildman–Crippen LogP) is 1.69. The van der Waals surface area contributed by atoms with Crippen molar-refractivity contribution in [2.45, 2.75) is 38.1 Å². The van der Waals surface area contributed by atoms with Crippen LogP contribution in [0.1, 0.15) is 35.9 Å². The van der Waals surface area contributed by atoms with Crippen LogP contribution < -0.4 is 9.80 Å². The Hall–Kier alpha value is -2.58. The molecule has 4 heterocycles. The van der Waals surface area contributed by atoms with Crippen LogP contribution in [-0.2, 0) is 9.59 Å². The number of aromatic nitrogens is 2. The lowest BCUT2D eigenvalue weighted by atomic mass is 9.96. The number of hydrogen-bond donors (Lipinski definition) is 1. The highest BCUT2D eigenvalue weighted by Gasteiger charge is 2.47. The molecule has 0 saturated carbocycles. The molecule has 0 radical (unpaired) electrons. The number of thiazole rings is 1. The van der Waals surface area contributed by atoms with Crippen molar-refractivity contribution in [1.82, 2.24) is 10.1 Å². The average molecular weight is 397 g/mol. The first kappa shape index (κ1) is 17.5. The number of quaternary nitrogens is 1. The molecule has 2 saturated heterocycles. The first-order valence-electron chi connectivity index (χ1n) is 9.60. The Morgan fingerprint density at radius 1 is 1.21 bits per heavy atom. The van der Waals surface area contributed by atoms with Crippen LogP contribution in [0.3, 0.4) is 0 Å². The molecule has 1 aromatic carbocycles. The summed E-state index contributed by atoms with van der Waals surface area (Å²) < 4.78 is 6.26. The first-order chi connectivity index (χ1) is 13.6. The molecule has 2 aromatic heterocycles. The maximum atomic E-state index is 12.9. The number of anilines is 1. The second-order valence-electron chi connectivity index (χ2n) is 7.57. The van der Waals surface area contributed by atoms with E-state index in [4.69, 9.17) is 9.51 Å². The van der Waals surface area contributed by atoms with E-state index in [0.29, 0.717) is 17.5 Å². The summed E-state index contributed by atoms with van der Waals surface area (Å²) in [5.41, 5.74) is 1.06. The number of para-hydroxylation sites is 1. The van der Waals surface area contributed by atoms with E-state index in [9.17, 15) is 9.59 Å². The van der Waals surface area contributed by atoms with Gasteiger partial charge in [-0.1, -0.05) is 17.3 Å². The molecule has 28 heavy (non-hydrogen) atoms. The Morgan fingerprint density at radius 3 is 2.71 bits per heavy atom. The number of nitrogens with zero attached hydrogens (tertiary/aromatic N) is 3. The molecule has 2 amide bonds. The quantitative estimate of drug-likeness (QED) is 0.681. The zero-order chi connectivity index (χ0) is 19.3. The Bertz CT molecular complexity index is 1020. The minimum atomic E-state index is -0.319. The molecule has 2 fully saturated rings. The van der Waals surface area contributed by atoms with E-state index in [1.807, 2.05) is 12.1 Å². The number of rotatable bonds is 3. The fourth-order valence-corrected chi connectivity index (χ4v) is 5.44. The van der Waals surface area contributed by atoms with Crippen molar-refractivity contribution in [3.8, 4) is 0 Å². The normalized spacial score (nSPS) is 25.8. The fraction of sp³-hybridized carbons (Fsp3) is 0.400. The lowest BCUT2D eigenvalue weighted by Crippen LogP contribution is -3.17. The summed E-state index contributed by atoms with van der Waals surface area (Å²) in [5, 5.41) is 5.03. The van der Waals surface area contributed by atoms with E-state index in [1.54, 1.807) is 24.3 Å². The van der Waals surface area contributed by atoms with Gasteiger partial charge < -0.3 is 9.42 Å². The fourth-order valence-electron chi connectivity index (χ4n) is 4.30. The van der Waals surface area contributed by atoms with Crippen LogP contribution in [0.4, 0.5) is 5.82 Å². The van der Waals surface area contributed by atoms with Gasteiger partial charge in [-0.3, -0.25) is 9.59 Å². The second-order valence-corrected chi connectivity index (χ2v) is 8.63. The molecule has 2 aliphatic heterocycles. The van der Waals surface area contributed by atoms with Crippen LogP contribution in [0, 0.1) is 6.92 Å². The van der Waals surface area contributed by atoms with Crippen molar-refractivity contribution >= 4 is 39.2 Å². The third kappa shape index (κ3) is 2.93. The molecule has 3 aromatic rings. The molecule has 1 N–H and O–H groups in total. The Balaban J connectivity index is 1.28. The summed E-state index contributed by atoms with van der Waals surface area (Å²) in [7, 11) is 0. The summed E-state index contributed by atoms with van der Waals surface area (Å²) in [6.45, 7) is 3.49. The van der Waals surface area contributed by atoms with E-state index in [1.165, 1.54) is 19.5 Å². The van der Waals surface area contributed by atoms with Gasteiger partial charge in [0.05, 0.1) is 34.7 Å². The van der Waals surface area contributed by atoms with Crippen LogP contribution in [0.25, 0.3) is 10.2 Å². The molecule has 0 unspecified atom stereocenters. The smallest absolute Gasteiger partial charge is 0.293 e. The molecule has 0 bridgehead atoms. The Morgan fingerprint density at radius 2 is 2.00 bits per heavy atom. The van der Waals surface area contributed by atoms with Gasteiger partial charge in [-0.05, 0) is 19.1 Å². The number of piperidine rings is 1. The van der Waals surface area contributed by atoms with Gasteiger partial charge in [0.2, 0.25) is 5.91 Å². The molecule has 144 valence electrons.